The summed E-state index contributed by atoms with van der Waals surface area (Å²) in [5, 5.41) is 13.9. The lowest BCUT2D eigenvalue weighted by Crippen LogP contribution is -2.44. The molecule has 2 N–H and O–H groups in total. The molecule has 176 valence electrons. The largest absolute Gasteiger partial charge is 0.497 e. The van der Waals surface area contributed by atoms with E-state index in [1.165, 1.54) is 12.0 Å². The molecule has 2 aliphatic heterocycles. The highest BCUT2D eigenvalue weighted by Crippen LogP contribution is 2.25. The molecule has 0 bridgehead atoms. The summed E-state index contributed by atoms with van der Waals surface area (Å²) in [6.07, 6.45) is 3.25. The Hall–Kier alpha value is -3.63. The van der Waals surface area contributed by atoms with Crippen molar-refractivity contribution in [3.05, 3.63) is 35.4 Å². The Bertz CT molecular complexity index is 1040. The lowest BCUT2D eigenvalue weighted by Gasteiger charge is -2.23. The molecule has 1 aromatic heterocycles. The maximum Gasteiger partial charge on any atom is 0.292 e. The Morgan fingerprint density at radius 2 is 1.97 bits per heavy atom. The summed E-state index contributed by atoms with van der Waals surface area (Å²) >= 11 is 0. The molecule has 0 spiro atoms. The van der Waals surface area contributed by atoms with Crippen molar-refractivity contribution in [1.29, 1.82) is 0 Å². The molecule has 1 aromatic carbocycles. The van der Waals surface area contributed by atoms with Crippen LogP contribution in [0.25, 0.3) is 0 Å². The number of rotatable bonds is 2. The molecule has 0 aliphatic carbocycles. The Balaban J connectivity index is 1.48. The van der Waals surface area contributed by atoms with Crippen LogP contribution < -0.4 is 20.1 Å². The molecule has 0 fully saturated rings. The first-order chi connectivity index (χ1) is 16.1. The predicted octanol–water partition coefficient (Wildman–Crippen LogP) is 0.394. The van der Waals surface area contributed by atoms with E-state index >= 15 is 0 Å². The van der Waals surface area contributed by atoms with Crippen molar-refractivity contribution in [1.82, 2.24) is 30.3 Å². The number of amides is 3. The summed E-state index contributed by atoms with van der Waals surface area (Å²) in [5.74, 6) is 1.10. The van der Waals surface area contributed by atoms with Gasteiger partial charge in [-0.15, -0.1) is 10.2 Å². The fourth-order valence-corrected chi connectivity index (χ4v) is 3.94. The molecule has 0 radical (unpaired) electrons. The zero-order chi connectivity index (χ0) is 23.2. The van der Waals surface area contributed by atoms with Gasteiger partial charge in [0.25, 0.3) is 11.8 Å². The van der Waals surface area contributed by atoms with E-state index in [0.717, 1.165) is 25.1 Å². The van der Waals surface area contributed by atoms with Crippen LogP contribution >= 0.6 is 0 Å². The van der Waals surface area contributed by atoms with E-state index in [-0.39, 0.29) is 43.2 Å². The SMILES string of the molecule is COc1ccc2c(c1)OCCNC(=O)CN(C(=O)c1nnc3n1CCCC3)CCCNC2=O. The highest BCUT2D eigenvalue weighted by molar-refractivity contribution is 5.97. The normalized spacial score (nSPS) is 17.5. The Labute approximate surface area is 191 Å². The third-order valence-electron chi connectivity index (χ3n) is 5.68. The maximum absolute atomic E-state index is 13.2. The van der Waals surface area contributed by atoms with Crippen LogP contribution in [0.4, 0.5) is 0 Å². The van der Waals surface area contributed by atoms with Crippen LogP contribution in [0.2, 0.25) is 0 Å². The van der Waals surface area contributed by atoms with Gasteiger partial charge in [0, 0.05) is 32.1 Å². The number of nitrogens with one attached hydrogen (secondary N) is 2. The van der Waals surface area contributed by atoms with Crippen LogP contribution in [-0.4, -0.2) is 77.3 Å². The quantitative estimate of drug-likeness (QED) is 0.669. The molecule has 33 heavy (non-hydrogen) atoms. The number of carbonyl (C=O) groups is 3. The van der Waals surface area contributed by atoms with Crippen LogP contribution in [-0.2, 0) is 17.8 Å². The number of fused-ring (bicyclic) bond motifs is 2. The van der Waals surface area contributed by atoms with E-state index < -0.39 is 0 Å². The zero-order valence-corrected chi connectivity index (χ0v) is 18.6. The van der Waals surface area contributed by atoms with E-state index in [2.05, 4.69) is 20.8 Å². The summed E-state index contributed by atoms with van der Waals surface area (Å²) in [5.41, 5.74) is 0.377. The van der Waals surface area contributed by atoms with E-state index in [4.69, 9.17) is 9.47 Å². The molecule has 0 saturated carbocycles. The van der Waals surface area contributed by atoms with Gasteiger partial charge in [-0.2, -0.15) is 0 Å². The van der Waals surface area contributed by atoms with Gasteiger partial charge in [-0.1, -0.05) is 0 Å². The smallest absolute Gasteiger partial charge is 0.292 e. The fourth-order valence-electron chi connectivity index (χ4n) is 3.94. The second-order valence-corrected chi connectivity index (χ2v) is 7.95. The van der Waals surface area contributed by atoms with E-state index in [1.54, 1.807) is 18.2 Å². The van der Waals surface area contributed by atoms with Gasteiger partial charge in [-0.3, -0.25) is 14.4 Å². The molecule has 0 saturated heterocycles. The third kappa shape index (κ3) is 5.24. The first-order valence-electron chi connectivity index (χ1n) is 11.1. The minimum atomic E-state index is -0.335. The molecule has 2 aliphatic rings. The van der Waals surface area contributed by atoms with E-state index in [1.807, 2.05) is 4.57 Å². The number of benzene rings is 1. The monoisotopic (exact) mass is 456 g/mol. The minimum absolute atomic E-state index is 0.112. The lowest BCUT2D eigenvalue weighted by molar-refractivity contribution is -0.121. The van der Waals surface area contributed by atoms with Crippen LogP contribution in [0, 0.1) is 0 Å². The van der Waals surface area contributed by atoms with Crippen molar-refractivity contribution in [2.45, 2.75) is 32.2 Å². The average Bonchev–Trinajstić information content (AvgIpc) is 3.26. The van der Waals surface area contributed by atoms with E-state index in [9.17, 15) is 14.4 Å². The first kappa shape index (κ1) is 22.6. The predicted molar refractivity (Wildman–Crippen MR) is 117 cm³/mol. The second kappa shape index (κ2) is 10.3. The highest BCUT2D eigenvalue weighted by atomic mass is 16.5. The van der Waals surface area contributed by atoms with Gasteiger partial charge < -0.3 is 29.6 Å². The molecule has 0 atom stereocenters. The fraction of sp³-hybridized carbons (Fsp3) is 0.500. The number of aromatic nitrogens is 3. The van der Waals surface area contributed by atoms with Crippen LogP contribution in [0.15, 0.2) is 18.2 Å². The zero-order valence-electron chi connectivity index (χ0n) is 18.6. The molecule has 3 amide bonds. The van der Waals surface area contributed by atoms with Gasteiger partial charge in [0.1, 0.15) is 23.9 Å². The van der Waals surface area contributed by atoms with Crippen LogP contribution in [0.3, 0.4) is 0 Å². The summed E-state index contributed by atoms with van der Waals surface area (Å²) in [7, 11) is 1.54. The summed E-state index contributed by atoms with van der Waals surface area (Å²) in [4.78, 5) is 39.9. The number of nitrogens with zero attached hydrogens (tertiary/aromatic N) is 4. The topological polar surface area (TPSA) is 128 Å². The summed E-state index contributed by atoms with van der Waals surface area (Å²) < 4.78 is 12.8. The summed E-state index contributed by atoms with van der Waals surface area (Å²) in [6.45, 7) is 1.58. The average molecular weight is 457 g/mol. The molecule has 11 heteroatoms. The molecule has 11 nitrogen and oxygen atoms in total. The summed E-state index contributed by atoms with van der Waals surface area (Å²) in [6, 6.07) is 4.97. The van der Waals surface area contributed by atoms with Crippen LogP contribution in [0.1, 0.15) is 46.1 Å². The standard InChI is InChI=1S/C22H28N6O5/c1-32-15-6-7-16-17(13-15)33-12-9-23-19(29)14-27(10-4-8-24-21(16)30)22(31)20-26-25-18-5-2-3-11-28(18)20/h6-7,13H,2-5,8-12,14H2,1H3,(H,23,29)(H,24,30). The van der Waals surface area contributed by atoms with Gasteiger partial charge in [-0.05, 0) is 31.4 Å². The molecule has 0 unspecified atom stereocenters. The maximum atomic E-state index is 13.2. The lowest BCUT2D eigenvalue weighted by atomic mass is 10.1. The number of hydrogen-bond donors (Lipinski definition) is 2. The van der Waals surface area contributed by atoms with Crippen LogP contribution in [0.5, 0.6) is 11.5 Å². The molecule has 4 rings (SSSR count). The van der Waals surface area contributed by atoms with Gasteiger partial charge in [0.15, 0.2) is 0 Å². The van der Waals surface area contributed by atoms with Crippen molar-refractivity contribution < 1.29 is 23.9 Å². The second-order valence-electron chi connectivity index (χ2n) is 7.95. The number of aryl methyl sites for hydroxylation is 1. The van der Waals surface area contributed by atoms with Crippen molar-refractivity contribution in [2.24, 2.45) is 0 Å². The van der Waals surface area contributed by atoms with Crippen molar-refractivity contribution in [2.75, 3.05) is 39.9 Å². The number of carbonyl (C=O) groups excluding carboxylic acids is 3. The molecular weight excluding hydrogens is 428 g/mol. The minimum Gasteiger partial charge on any atom is -0.497 e. The molecular formula is C22H28N6O5. The number of ether oxygens (including phenoxy) is 2. The van der Waals surface area contributed by atoms with Gasteiger partial charge in [-0.25, -0.2) is 0 Å². The van der Waals surface area contributed by atoms with Crippen molar-refractivity contribution >= 4 is 17.7 Å². The number of methoxy groups -OCH3 is 1. The number of hydrogen-bond acceptors (Lipinski definition) is 7. The molecule has 2 aromatic rings. The first-order valence-corrected chi connectivity index (χ1v) is 11.1. The van der Waals surface area contributed by atoms with Crippen molar-refractivity contribution in [3.8, 4) is 11.5 Å². The Kier molecular flexibility index (Phi) is 7.06. The Morgan fingerprint density at radius 1 is 1.09 bits per heavy atom. The van der Waals surface area contributed by atoms with Gasteiger partial charge in [0.2, 0.25) is 11.7 Å². The molecule has 3 heterocycles. The third-order valence-corrected chi connectivity index (χ3v) is 5.68. The Morgan fingerprint density at radius 3 is 2.82 bits per heavy atom. The van der Waals surface area contributed by atoms with Crippen molar-refractivity contribution in [3.63, 3.8) is 0 Å². The van der Waals surface area contributed by atoms with Gasteiger partial charge in [0.05, 0.1) is 25.8 Å². The highest BCUT2D eigenvalue weighted by Gasteiger charge is 2.27. The van der Waals surface area contributed by atoms with Gasteiger partial charge >= 0.3 is 0 Å². The van der Waals surface area contributed by atoms with E-state index in [0.29, 0.717) is 43.1 Å².